The average Bonchev–Trinajstić information content (AvgIpc) is 3.64. The molecule has 2 aromatic heterocycles. The Balaban J connectivity index is 1.01. The quantitative estimate of drug-likeness (QED) is 0.0270. The van der Waals surface area contributed by atoms with Crippen molar-refractivity contribution >= 4 is 87.1 Å². The fourth-order valence-corrected chi connectivity index (χ4v) is 8.59. The summed E-state index contributed by atoms with van der Waals surface area (Å²) in [6.45, 7) is 4.55. The Hall–Kier alpha value is -7.82. The Labute approximate surface area is 420 Å². The standard InChI is InChI=1S/C49H53ClF3N9O11/c1-25(2)41(58-37(65)9-5-4-6-17-61-38(66)14-15-39(61)67)36(64)18-28(8-7-16-56-48(55)70)47(69)57-29-12-10-27(11-13-29)24-72-49(71)73-30-21-60(22-30)43-33(51)19-31-42(40(43)50)62(23-32(26(3)63)44(31)68)46-35(53)20-34(52)45(54)59-46/h10-15,19-20,23,25,28,30,41H,4-9,16-18,21-22,24H2,1-3H3,(H2,54,59)(H,57,69)(H,58,65)(H3,55,56,70). The van der Waals surface area contributed by atoms with Gasteiger partial charge in [0.15, 0.2) is 40.3 Å². The number of primary amides is 1. The second-order valence-electron chi connectivity index (χ2n) is 17.8. The van der Waals surface area contributed by atoms with Gasteiger partial charge in [0.2, 0.25) is 11.8 Å². The molecule has 0 radical (unpaired) electrons. The predicted molar refractivity (Wildman–Crippen MR) is 260 cm³/mol. The van der Waals surface area contributed by atoms with Crippen molar-refractivity contribution in [3.63, 3.8) is 0 Å². The first-order chi connectivity index (χ1) is 34.6. The van der Waals surface area contributed by atoms with Crippen molar-refractivity contribution in [2.75, 3.05) is 42.1 Å². The van der Waals surface area contributed by atoms with Crippen molar-refractivity contribution in [1.29, 1.82) is 0 Å². The molecule has 20 nitrogen and oxygen atoms in total. The van der Waals surface area contributed by atoms with Gasteiger partial charge in [0.05, 0.1) is 46.3 Å². The zero-order valence-corrected chi connectivity index (χ0v) is 40.7. The lowest BCUT2D eigenvalue weighted by Gasteiger charge is -2.40. The van der Waals surface area contributed by atoms with Gasteiger partial charge in [-0.3, -0.25) is 43.0 Å². The number of hydrogen-bond acceptors (Lipinski definition) is 14. The van der Waals surface area contributed by atoms with Crippen molar-refractivity contribution < 1.29 is 61.0 Å². The lowest BCUT2D eigenvalue weighted by molar-refractivity contribution is -0.137. The molecule has 2 atom stereocenters. The second-order valence-corrected chi connectivity index (χ2v) is 18.2. The van der Waals surface area contributed by atoms with Gasteiger partial charge in [0, 0.05) is 62.0 Å². The van der Waals surface area contributed by atoms with E-state index in [9.17, 15) is 47.5 Å². The van der Waals surface area contributed by atoms with Gasteiger partial charge < -0.3 is 41.8 Å². The normalized spacial score (nSPS) is 14.2. The lowest BCUT2D eigenvalue weighted by Crippen LogP contribution is -2.53. The molecule has 2 aromatic carbocycles. The van der Waals surface area contributed by atoms with Gasteiger partial charge in [-0.2, -0.15) is 0 Å². The second kappa shape index (κ2) is 24.1. The number of amides is 6. The van der Waals surface area contributed by atoms with Crippen LogP contribution in [0.4, 0.5) is 40.0 Å². The van der Waals surface area contributed by atoms with Crippen LogP contribution in [0.25, 0.3) is 16.7 Å². The number of hydrogen-bond donors (Lipinski definition) is 5. The van der Waals surface area contributed by atoms with E-state index in [1.165, 1.54) is 17.1 Å². The zero-order valence-electron chi connectivity index (χ0n) is 39.9. The van der Waals surface area contributed by atoms with Crippen molar-refractivity contribution in [3.8, 4) is 5.82 Å². The number of ketones is 2. The number of imide groups is 1. The third-order valence-electron chi connectivity index (χ3n) is 12.1. The number of carbonyl (C=O) groups is 8. The number of nitrogens with two attached hydrogens (primary N) is 2. The molecular weight excluding hydrogens is 983 g/mol. The summed E-state index contributed by atoms with van der Waals surface area (Å²) >= 11 is 6.70. The van der Waals surface area contributed by atoms with Gasteiger partial charge in [-0.25, -0.2) is 27.7 Å². The van der Waals surface area contributed by atoms with Crippen LogP contribution in [0.3, 0.4) is 0 Å². The summed E-state index contributed by atoms with van der Waals surface area (Å²) in [5, 5.41) is 7.25. The maximum atomic E-state index is 15.7. The molecule has 2 unspecified atom stereocenters. The molecule has 4 heterocycles. The SMILES string of the molecule is CC(=O)c1cn(-c2nc(N)c(F)cc2F)c2c(Cl)c(N3CC(OC(=O)OCc4ccc(NC(=O)C(CCCNC(N)=O)CC(=O)C(NC(=O)CCCCCN5C(=O)C=CC5=O)C(C)C)cc4)C3)c(F)cc2c1=O. The third-order valence-corrected chi connectivity index (χ3v) is 12.4. The Bertz CT molecular complexity index is 2910. The summed E-state index contributed by atoms with van der Waals surface area (Å²) < 4.78 is 56.4. The van der Waals surface area contributed by atoms with Crippen LogP contribution in [0.15, 0.2) is 59.5 Å². The highest BCUT2D eigenvalue weighted by atomic mass is 35.5. The predicted octanol–water partition coefficient (Wildman–Crippen LogP) is 5.37. The van der Waals surface area contributed by atoms with Crippen LogP contribution in [0.1, 0.15) is 81.6 Å². The number of nitrogens with zero attached hydrogens (tertiary/aromatic N) is 4. The minimum Gasteiger partial charge on any atom is -0.429 e. The van der Waals surface area contributed by atoms with Gasteiger partial charge in [-0.1, -0.05) is 44.0 Å². The van der Waals surface area contributed by atoms with Gasteiger partial charge in [-0.05, 0) is 62.3 Å². The molecule has 1 saturated heterocycles. The number of aromatic nitrogens is 2. The summed E-state index contributed by atoms with van der Waals surface area (Å²) in [5.41, 5.74) is 9.78. The highest BCUT2D eigenvalue weighted by Gasteiger charge is 2.36. The van der Waals surface area contributed by atoms with Crippen LogP contribution < -0.4 is 37.7 Å². The fourth-order valence-electron chi connectivity index (χ4n) is 8.19. The minimum atomic E-state index is -1.22. The zero-order chi connectivity index (χ0) is 53.3. The Morgan fingerprint density at radius 3 is 2.25 bits per heavy atom. The summed E-state index contributed by atoms with van der Waals surface area (Å²) in [5.74, 6) is -8.58. The summed E-state index contributed by atoms with van der Waals surface area (Å²) in [7, 11) is 0. The molecule has 1 fully saturated rings. The van der Waals surface area contributed by atoms with Gasteiger partial charge in [-0.15, -0.1) is 0 Å². The topological polar surface area (TPSA) is 285 Å². The largest absolute Gasteiger partial charge is 0.509 e. The van der Waals surface area contributed by atoms with Gasteiger partial charge in [0.25, 0.3) is 11.8 Å². The molecule has 2 aliphatic heterocycles. The Morgan fingerprint density at radius 1 is 0.918 bits per heavy atom. The number of fused-ring (bicyclic) bond motifs is 1. The highest BCUT2D eigenvalue weighted by molar-refractivity contribution is 6.38. The number of ether oxygens (including phenoxy) is 2. The van der Waals surface area contributed by atoms with E-state index >= 15 is 8.78 Å². The Morgan fingerprint density at radius 2 is 1.60 bits per heavy atom. The van der Waals surface area contributed by atoms with E-state index in [-0.39, 0.29) is 97.7 Å². The third kappa shape index (κ3) is 13.6. The number of anilines is 3. The average molecular weight is 1040 g/mol. The molecule has 0 saturated carbocycles. The number of benzene rings is 2. The molecule has 6 amide bonds. The number of nitrogen functional groups attached to an aromatic ring is 1. The van der Waals surface area contributed by atoms with E-state index < -0.39 is 87.4 Å². The minimum absolute atomic E-state index is 0.0901. The number of rotatable bonds is 23. The maximum absolute atomic E-state index is 15.7. The maximum Gasteiger partial charge on any atom is 0.509 e. The summed E-state index contributed by atoms with van der Waals surface area (Å²) in [6, 6.07) is 5.87. The smallest absolute Gasteiger partial charge is 0.429 e. The van der Waals surface area contributed by atoms with Crippen LogP contribution in [0, 0.1) is 29.3 Å². The van der Waals surface area contributed by atoms with Gasteiger partial charge in [0.1, 0.15) is 18.5 Å². The van der Waals surface area contributed by atoms with Crippen LogP contribution in [-0.4, -0.2) is 100 Å². The molecule has 6 rings (SSSR count). The Kier molecular flexibility index (Phi) is 18.0. The molecule has 2 aliphatic rings. The first kappa shape index (κ1) is 54.5. The number of carbonyl (C=O) groups excluding carboxylic acids is 8. The number of urea groups is 1. The van der Waals surface area contributed by atoms with Crippen molar-refractivity contribution in [3.05, 3.63) is 98.6 Å². The number of Topliss-reactive ketones (excluding diaryl/α,β-unsaturated/α-hetero) is 2. The number of halogens is 4. The molecule has 0 aliphatic carbocycles. The molecule has 24 heteroatoms. The fraction of sp³-hybridized carbons (Fsp3) is 0.388. The van der Waals surface area contributed by atoms with Crippen LogP contribution in [0.2, 0.25) is 5.02 Å². The van der Waals surface area contributed by atoms with E-state index in [4.69, 9.17) is 32.5 Å². The van der Waals surface area contributed by atoms with E-state index in [0.29, 0.717) is 43.0 Å². The summed E-state index contributed by atoms with van der Waals surface area (Å²) in [6.07, 6.45) is 3.39. The molecule has 0 spiro atoms. The van der Waals surface area contributed by atoms with E-state index in [2.05, 4.69) is 20.9 Å². The number of unbranched alkanes of at least 4 members (excludes halogenated alkanes) is 2. The monoisotopic (exact) mass is 1040 g/mol. The van der Waals surface area contributed by atoms with Crippen molar-refractivity contribution in [2.45, 2.75) is 84.5 Å². The van der Waals surface area contributed by atoms with E-state index in [0.717, 1.165) is 28.7 Å². The van der Waals surface area contributed by atoms with Gasteiger partial charge >= 0.3 is 12.2 Å². The van der Waals surface area contributed by atoms with E-state index in [1.807, 2.05) is 0 Å². The molecule has 7 N–H and O–H groups in total. The summed E-state index contributed by atoms with van der Waals surface area (Å²) in [4.78, 5) is 120. The van der Waals surface area contributed by atoms with Crippen molar-refractivity contribution in [1.82, 2.24) is 25.1 Å². The van der Waals surface area contributed by atoms with Crippen LogP contribution in [0.5, 0.6) is 0 Å². The first-order valence-corrected chi connectivity index (χ1v) is 23.6. The molecular formula is C49H53ClF3N9O11. The number of nitrogens with one attached hydrogen (secondary N) is 3. The molecule has 73 heavy (non-hydrogen) atoms. The molecule has 0 bridgehead atoms. The first-order valence-electron chi connectivity index (χ1n) is 23.2. The van der Waals surface area contributed by atoms with E-state index in [1.54, 1.807) is 38.1 Å². The number of pyridine rings is 2. The molecule has 388 valence electrons. The van der Waals surface area contributed by atoms with Crippen LogP contribution in [-0.2, 0) is 40.1 Å². The lowest BCUT2D eigenvalue weighted by atomic mass is 9.89. The van der Waals surface area contributed by atoms with Crippen LogP contribution >= 0.6 is 11.6 Å². The van der Waals surface area contributed by atoms with Crippen molar-refractivity contribution in [2.24, 2.45) is 17.6 Å². The highest BCUT2D eigenvalue weighted by Crippen LogP contribution is 2.39. The molecule has 4 aromatic rings.